The van der Waals surface area contributed by atoms with E-state index >= 15 is 0 Å². The highest BCUT2D eigenvalue weighted by Crippen LogP contribution is 2.35. The predicted molar refractivity (Wildman–Crippen MR) is 56.1 cm³/mol. The van der Waals surface area contributed by atoms with Crippen molar-refractivity contribution in [3.63, 3.8) is 0 Å². The quantitative estimate of drug-likeness (QED) is 0.602. The predicted octanol–water partition coefficient (Wildman–Crippen LogP) is 3.08. The van der Waals surface area contributed by atoms with Crippen molar-refractivity contribution in [2.45, 2.75) is 12.8 Å². The number of ether oxygens (including phenoxy) is 1. The maximum atomic E-state index is 5.85. The van der Waals surface area contributed by atoms with Crippen LogP contribution >= 0.6 is 0 Å². The molecule has 1 nitrogen and oxygen atoms in total. The molecule has 0 N–H and O–H groups in total. The Morgan fingerprint density at radius 1 is 1.21 bits per heavy atom. The summed E-state index contributed by atoms with van der Waals surface area (Å²) in [5.74, 6) is 2.73. The molecule has 0 spiro atoms. The number of allylic oxidation sites excluding steroid dienone is 4. The maximum absolute atomic E-state index is 5.85. The molecule has 1 aliphatic carbocycles. The summed E-state index contributed by atoms with van der Waals surface area (Å²) in [4.78, 5) is 0. The zero-order chi connectivity index (χ0) is 9.38. The number of fused-ring (bicyclic) bond motifs is 2. The molecule has 0 amide bonds. The van der Waals surface area contributed by atoms with Crippen molar-refractivity contribution in [2.24, 2.45) is 5.92 Å². The Kier molecular flexibility index (Phi) is 1.69. The van der Waals surface area contributed by atoms with Gasteiger partial charge in [0.1, 0.15) is 11.5 Å². The minimum atomic E-state index is 0.565. The third-order valence-electron chi connectivity index (χ3n) is 2.89. The van der Waals surface area contributed by atoms with E-state index in [9.17, 15) is 0 Å². The van der Waals surface area contributed by atoms with Gasteiger partial charge in [0, 0.05) is 5.92 Å². The summed E-state index contributed by atoms with van der Waals surface area (Å²) < 4.78 is 5.85. The Morgan fingerprint density at radius 2 is 2.14 bits per heavy atom. The van der Waals surface area contributed by atoms with Gasteiger partial charge in [-0.1, -0.05) is 30.4 Å². The van der Waals surface area contributed by atoms with Crippen molar-refractivity contribution in [1.29, 1.82) is 0 Å². The largest absolute Gasteiger partial charge is 0.461 e. The van der Waals surface area contributed by atoms with E-state index in [1.54, 1.807) is 0 Å². The summed E-state index contributed by atoms with van der Waals surface area (Å²) in [6.07, 6.45) is 8.61. The van der Waals surface area contributed by atoms with Crippen molar-refractivity contribution < 1.29 is 4.74 Å². The molecule has 0 saturated heterocycles. The Hall–Kier alpha value is -1.50. The third-order valence-corrected chi connectivity index (χ3v) is 2.89. The fraction of sp³-hybridized carbons (Fsp3) is 0.231. The van der Waals surface area contributed by atoms with E-state index in [1.807, 2.05) is 12.1 Å². The minimum Gasteiger partial charge on any atom is -0.461 e. The van der Waals surface area contributed by atoms with Gasteiger partial charge in [0.2, 0.25) is 0 Å². The average molecular weight is 184 g/mol. The molecule has 0 saturated carbocycles. The first-order valence-corrected chi connectivity index (χ1v) is 5.06. The lowest BCUT2D eigenvalue weighted by molar-refractivity contribution is 0.312. The molecule has 0 fully saturated rings. The fourth-order valence-corrected chi connectivity index (χ4v) is 2.12. The molecule has 1 atom stereocenters. The van der Waals surface area contributed by atoms with Crippen LogP contribution in [0.1, 0.15) is 12.0 Å². The van der Waals surface area contributed by atoms with Crippen LogP contribution in [0.25, 0.3) is 0 Å². The molecule has 70 valence electrons. The van der Waals surface area contributed by atoms with Crippen molar-refractivity contribution in [2.75, 3.05) is 0 Å². The van der Waals surface area contributed by atoms with Gasteiger partial charge >= 0.3 is 0 Å². The second kappa shape index (κ2) is 3.02. The topological polar surface area (TPSA) is 9.23 Å². The Labute approximate surface area is 83.7 Å². The molecule has 0 bridgehead atoms. The molecular formula is C13H12O. The van der Waals surface area contributed by atoms with Crippen LogP contribution in [-0.4, -0.2) is 0 Å². The van der Waals surface area contributed by atoms with Crippen molar-refractivity contribution in [3.8, 4) is 5.75 Å². The second-order valence-electron chi connectivity index (χ2n) is 3.84. The highest BCUT2D eigenvalue weighted by Gasteiger charge is 2.24. The fourth-order valence-electron chi connectivity index (χ4n) is 2.12. The minimum absolute atomic E-state index is 0.565. The van der Waals surface area contributed by atoms with Gasteiger partial charge in [0.25, 0.3) is 0 Å². The highest BCUT2D eigenvalue weighted by atomic mass is 16.5. The zero-order valence-electron chi connectivity index (χ0n) is 7.94. The molecule has 1 heterocycles. The van der Waals surface area contributed by atoms with Gasteiger partial charge in [-0.3, -0.25) is 0 Å². The molecule has 1 unspecified atom stereocenters. The van der Waals surface area contributed by atoms with Gasteiger partial charge in [-0.15, -0.1) is 0 Å². The van der Waals surface area contributed by atoms with E-state index < -0.39 is 0 Å². The summed E-state index contributed by atoms with van der Waals surface area (Å²) in [5.41, 5.74) is 1.34. The van der Waals surface area contributed by atoms with Crippen LogP contribution in [0, 0.1) is 5.92 Å². The van der Waals surface area contributed by atoms with E-state index in [1.165, 1.54) is 5.56 Å². The first-order chi connectivity index (χ1) is 6.93. The number of hydrogen-bond acceptors (Lipinski definition) is 1. The van der Waals surface area contributed by atoms with Gasteiger partial charge in [-0.2, -0.15) is 0 Å². The third kappa shape index (κ3) is 1.17. The lowest BCUT2D eigenvalue weighted by Gasteiger charge is -2.28. The van der Waals surface area contributed by atoms with Gasteiger partial charge < -0.3 is 4.74 Å². The summed E-state index contributed by atoms with van der Waals surface area (Å²) in [6, 6.07) is 8.31. The van der Waals surface area contributed by atoms with Gasteiger partial charge in [0.15, 0.2) is 0 Å². The first-order valence-electron chi connectivity index (χ1n) is 5.06. The molecule has 3 rings (SSSR count). The van der Waals surface area contributed by atoms with Crippen molar-refractivity contribution in [3.05, 3.63) is 53.8 Å². The van der Waals surface area contributed by atoms with E-state index in [-0.39, 0.29) is 0 Å². The molecule has 1 aliphatic heterocycles. The smallest absolute Gasteiger partial charge is 0.130 e. The molecule has 1 aromatic carbocycles. The monoisotopic (exact) mass is 184 g/mol. The van der Waals surface area contributed by atoms with E-state index in [4.69, 9.17) is 4.74 Å². The molecule has 0 aromatic heterocycles. The zero-order valence-corrected chi connectivity index (χ0v) is 7.94. The van der Waals surface area contributed by atoms with Crippen LogP contribution < -0.4 is 4.74 Å². The number of benzene rings is 1. The van der Waals surface area contributed by atoms with E-state index in [0.717, 1.165) is 24.4 Å². The molecule has 1 aromatic rings. The van der Waals surface area contributed by atoms with Gasteiger partial charge in [0.05, 0.1) is 0 Å². The normalized spacial score (nSPS) is 23.1. The molecule has 14 heavy (non-hydrogen) atoms. The molecule has 1 heteroatoms. The maximum Gasteiger partial charge on any atom is 0.130 e. The van der Waals surface area contributed by atoms with Crippen molar-refractivity contribution in [1.82, 2.24) is 0 Å². The summed E-state index contributed by atoms with van der Waals surface area (Å²) in [7, 11) is 0. The lowest BCUT2D eigenvalue weighted by atomic mass is 9.89. The molecule has 0 radical (unpaired) electrons. The number of para-hydroxylation sites is 1. The number of hydrogen-bond donors (Lipinski definition) is 0. The van der Waals surface area contributed by atoms with E-state index in [2.05, 4.69) is 30.4 Å². The summed E-state index contributed by atoms with van der Waals surface area (Å²) in [6.45, 7) is 0. The van der Waals surface area contributed by atoms with Crippen molar-refractivity contribution >= 4 is 0 Å². The van der Waals surface area contributed by atoms with E-state index in [0.29, 0.717) is 5.92 Å². The van der Waals surface area contributed by atoms with Crippen LogP contribution in [0.15, 0.2) is 48.3 Å². The first kappa shape index (κ1) is 7.86. The van der Waals surface area contributed by atoms with Gasteiger partial charge in [-0.05, 0) is 30.5 Å². The van der Waals surface area contributed by atoms with Crippen LogP contribution in [-0.2, 0) is 6.42 Å². The van der Waals surface area contributed by atoms with Crippen LogP contribution in [0.3, 0.4) is 0 Å². The Bertz CT molecular complexity index is 415. The average Bonchev–Trinajstić information content (AvgIpc) is 2.26. The van der Waals surface area contributed by atoms with Gasteiger partial charge in [-0.25, -0.2) is 0 Å². The lowest BCUT2D eigenvalue weighted by Crippen LogP contribution is -2.19. The van der Waals surface area contributed by atoms with Crippen LogP contribution in [0.5, 0.6) is 5.75 Å². The standard InChI is InChI=1S/C13H12O/c1-3-7-12-10(5-1)9-11-6-2-4-8-13(11)14-12/h1-5,7-8,11H,6,9H2. The van der Waals surface area contributed by atoms with Crippen LogP contribution in [0.4, 0.5) is 0 Å². The molecular weight excluding hydrogens is 172 g/mol. The SMILES string of the molecule is C1=CCC2Cc3ccccc3OC2=C1. The Morgan fingerprint density at radius 3 is 3.14 bits per heavy atom. The second-order valence-corrected chi connectivity index (χ2v) is 3.84. The molecule has 2 aliphatic rings. The summed E-state index contributed by atoms with van der Waals surface area (Å²) in [5, 5.41) is 0. The number of rotatable bonds is 0. The van der Waals surface area contributed by atoms with Crippen LogP contribution in [0.2, 0.25) is 0 Å². The highest BCUT2D eigenvalue weighted by molar-refractivity contribution is 5.40. The summed E-state index contributed by atoms with van der Waals surface area (Å²) >= 11 is 0. The Balaban J connectivity index is 2.03.